The summed E-state index contributed by atoms with van der Waals surface area (Å²) in [6, 6.07) is 0. The molecule has 0 spiro atoms. The second-order valence-electron chi connectivity index (χ2n) is 1.26. The van der Waals surface area contributed by atoms with Crippen molar-refractivity contribution in [3.63, 3.8) is 0 Å². The zero-order valence-corrected chi connectivity index (χ0v) is 7.11. The van der Waals surface area contributed by atoms with Gasteiger partial charge in [-0.15, -0.1) is 0 Å². The predicted molar refractivity (Wildman–Crippen MR) is 43.7 cm³/mol. The lowest BCUT2D eigenvalue weighted by Gasteiger charge is -1.94. The SMILES string of the molecule is [N-]=[N+]=NCCOCCI. The van der Waals surface area contributed by atoms with E-state index in [1.165, 1.54) is 0 Å². The van der Waals surface area contributed by atoms with Crippen LogP contribution in [0.3, 0.4) is 0 Å². The van der Waals surface area contributed by atoms with Gasteiger partial charge in [0.2, 0.25) is 0 Å². The second-order valence-corrected chi connectivity index (χ2v) is 2.33. The molecule has 0 N–H and O–H groups in total. The maximum absolute atomic E-state index is 7.82. The Morgan fingerprint density at radius 2 is 2.33 bits per heavy atom. The first-order chi connectivity index (χ1) is 4.41. The lowest BCUT2D eigenvalue weighted by atomic mass is 10.7. The molecule has 0 bridgehead atoms. The van der Waals surface area contributed by atoms with Crippen molar-refractivity contribution >= 4 is 22.6 Å². The van der Waals surface area contributed by atoms with E-state index in [9.17, 15) is 0 Å². The summed E-state index contributed by atoms with van der Waals surface area (Å²) >= 11 is 2.22. The number of azide groups is 1. The van der Waals surface area contributed by atoms with Gasteiger partial charge in [-0.1, -0.05) is 27.7 Å². The van der Waals surface area contributed by atoms with Gasteiger partial charge in [0.05, 0.1) is 13.2 Å². The van der Waals surface area contributed by atoms with Crippen molar-refractivity contribution < 1.29 is 4.74 Å². The zero-order chi connectivity index (χ0) is 6.95. The molecule has 0 rings (SSSR count). The Bertz CT molecular complexity index is 102. The summed E-state index contributed by atoms with van der Waals surface area (Å²) in [5, 5.41) is 3.30. The Balaban J connectivity index is 2.82. The van der Waals surface area contributed by atoms with Crippen molar-refractivity contribution in [2.75, 3.05) is 24.2 Å². The van der Waals surface area contributed by atoms with Gasteiger partial charge in [0.25, 0.3) is 0 Å². The van der Waals surface area contributed by atoms with Crippen LogP contribution in [-0.4, -0.2) is 24.2 Å². The zero-order valence-electron chi connectivity index (χ0n) is 4.96. The van der Waals surface area contributed by atoms with E-state index in [0.29, 0.717) is 13.2 Å². The van der Waals surface area contributed by atoms with Gasteiger partial charge >= 0.3 is 0 Å². The summed E-state index contributed by atoms with van der Waals surface area (Å²) in [4.78, 5) is 2.58. The number of hydrogen-bond acceptors (Lipinski definition) is 2. The number of hydrogen-bond donors (Lipinski definition) is 0. The fourth-order valence-corrected chi connectivity index (χ4v) is 0.618. The van der Waals surface area contributed by atoms with Crippen molar-refractivity contribution in [3.8, 4) is 0 Å². The maximum Gasteiger partial charge on any atom is 0.0555 e. The van der Waals surface area contributed by atoms with Gasteiger partial charge in [0.1, 0.15) is 0 Å². The van der Waals surface area contributed by atoms with E-state index in [4.69, 9.17) is 10.3 Å². The third-order valence-corrected chi connectivity index (χ3v) is 1.06. The monoisotopic (exact) mass is 241 g/mol. The Morgan fingerprint density at radius 1 is 1.56 bits per heavy atom. The molecule has 0 aromatic rings. The maximum atomic E-state index is 7.82. The van der Waals surface area contributed by atoms with Crippen LogP contribution in [0.4, 0.5) is 0 Å². The van der Waals surface area contributed by atoms with E-state index in [-0.39, 0.29) is 0 Å². The molecule has 5 heteroatoms. The number of rotatable bonds is 5. The Labute approximate surface area is 67.3 Å². The molecule has 52 valence electrons. The smallest absolute Gasteiger partial charge is 0.0555 e. The summed E-state index contributed by atoms with van der Waals surface area (Å²) in [6.45, 7) is 1.71. The standard InChI is InChI=1S/C4H8IN3O/c5-1-3-9-4-2-7-8-6/h1-4H2. The van der Waals surface area contributed by atoms with Crippen LogP contribution in [0.1, 0.15) is 0 Å². The van der Waals surface area contributed by atoms with Crippen molar-refractivity contribution in [1.29, 1.82) is 0 Å². The minimum atomic E-state index is 0.438. The minimum absolute atomic E-state index is 0.438. The molecule has 0 aromatic carbocycles. The van der Waals surface area contributed by atoms with Gasteiger partial charge in [-0.2, -0.15) is 0 Å². The first-order valence-electron chi connectivity index (χ1n) is 2.56. The molecular formula is C4H8IN3O. The van der Waals surface area contributed by atoms with Gasteiger partial charge in [0.15, 0.2) is 0 Å². The molecule has 0 atom stereocenters. The van der Waals surface area contributed by atoms with E-state index in [0.717, 1.165) is 11.0 Å². The fraction of sp³-hybridized carbons (Fsp3) is 1.00. The van der Waals surface area contributed by atoms with Gasteiger partial charge in [0, 0.05) is 15.9 Å². The third kappa shape index (κ3) is 8.00. The van der Waals surface area contributed by atoms with Crippen LogP contribution in [0, 0.1) is 0 Å². The molecule has 0 amide bonds. The van der Waals surface area contributed by atoms with Crippen LogP contribution in [0.5, 0.6) is 0 Å². The third-order valence-electron chi connectivity index (χ3n) is 0.620. The molecule has 0 aliphatic heterocycles. The molecule has 9 heavy (non-hydrogen) atoms. The van der Waals surface area contributed by atoms with Crippen molar-refractivity contribution in [2.45, 2.75) is 0 Å². The largest absolute Gasteiger partial charge is 0.381 e. The highest BCUT2D eigenvalue weighted by Crippen LogP contribution is 1.82. The Hall–Kier alpha value is 0. The van der Waals surface area contributed by atoms with Crippen LogP contribution >= 0.6 is 22.6 Å². The molecule has 0 aromatic heterocycles. The van der Waals surface area contributed by atoms with Crippen molar-refractivity contribution in [3.05, 3.63) is 10.4 Å². The first kappa shape index (κ1) is 9.00. The normalized spacial score (nSPS) is 8.56. The summed E-state index contributed by atoms with van der Waals surface area (Å²) in [5.41, 5.74) is 7.82. The van der Waals surface area contributed by atoms with Crippen LogP contribution in [0.15, 0.2) is 5.11 Å². The quantitative estimate of drug-likeness (QED) is 0.180. The van der Waals surface area contributed by atoms with Crippen molar-refractivity contribution in [2.24, 2.45) is 5.11 Å². The Kier molecular flexibility index (Phi) is 8.00. The van der Waals surface area contributed by atoms with Gasteiger partial charge in [-0.25, -0.2) is 0 Å². The predicted octanol–water partition coefficient (Wildman–Crippen LogP) is 1.75. The number of alkyl halides is 1. The number of ether oxygens (including phenoxy) is 1. The first-order valence-corrected chi connectivity index (χ1v) is 4.09. The average molecular weight is 241 g/mol. The van der Waals surface area contributed by atoms with E-state index >= 15 is 0 Å². The Morgan fingerprint density at radius 3 is 2.89 bits per heavy atom. The minimum Gasteiger partial charge on any atom is -0.381 e. The number of nitrogens with zero attached hydrogens (tertiary/aromatic N) is 3. The molecule has 0 heterocycles. The summed E-state index contributed by atoms with van der Waals surface area (Å²) < 4.78 is 5.99. The van der Waals surface area contributed by atoms with Crippen LogP contribution < -0.4 is 0 Å². The molecule has 0 aliphatic carbocycles. The molecule has 0 aliphatic rings. The van der Waals surface area contributed by atoms with Crippen LogP contribution in [-0.2, 0) is 4.74 Å². The molecule has 0 saturated carbocycles. The second kappa shape index (κ2) is 8.00. The summed E-state index contributed by atoms with van der Waals surface area (Å²) in [6.07, 6.45) is 0. The summed E-state index contributed by atoms with van der Waals surface area (Å²) in [5.74, 6) is 0. The molecule has 0 unspecified atom stereocenters. The molecule has 0 fully saturated rings. The lowest BCUT2D eigenvalue weighted by Crippen LogP contribution is -1.99. The van der Waals surface area contributed by atoms with E-state index in [2.05, 4.69) is 32.6 Å². The fourth-order valence-electron chi connectivity index (χ4n) is 0.307. The molecule has 4 nitrogen and oxygen atoms in total. The van der Waals surface area contributed by atoms with Crippen LogP contribution in [0.2, 0.25) is 0 Å². The van der Waals surface area contributed by atoms with Crippen LogP contribution in [0.25, 0.3) is 10.4 Å². The molecule has 0 radical (unpaired) electrons. The van der Waals surface area contributed by atoms with Gasteiger partial charge in [-0.3, -0.25) is 0 Å². The molecular weight excluding hydrogens is 233 g/mol. The van der Waals surface area contributed by atoms with E-state index < -0.39 is 0 Å². The highest BCUT2D eigenvalue weighted by atomic mass is 127. The number of halogens is 1. The average Bonchev–Trinajstić information content (AvgIpc) is 1.89. The topological polar surface area (TPSA) is 58.0 Å². The van der Waals surface area contributed by atoms with Gasteiger partial charge < -0.3 is 4.74 Å². The lowest BCUT2D eigenvalue weighted by molar-refractivity contribution is 0.159. The van der Waals surface area contributed by atoms with E-state index in [1.807, 2.05) is 0 Å². The van der Waals surface area contributed by atoms with E-state index in [1.54, 1.807) is 0 Å². The highest BCUT2D eigenvalue weighted by molar-refractivity contribution is 14.1. The summed E-state index contributed by atoms with van der Waals surface area (Å²) in [7, 11) is 0. The van der Waals surface area contributed by atoms with Crippen molar-refractivity contribution in [1.82, 2.24) is 0 Å². The molecule has 0 saturated heterocycles. The van der Waals surface area contributed by atoms with Gasteiger partial charge in [-0.05, 0) is 5.53 Å². The highest BCUT2D eigenvalue weighted by Gasteiger charge is 1.81.